The molecule has 1 unspecified atom stereocenters. The largest absolute Gasteiger partial charge is 0.335 e. The number of aromatic nitrogens is 2. The van der Waals surface area contributed by atoms with E-state index >= 15 is 0 Å². The normalized spacial score (nSPS) is 14.2. The Balaban J connectivity index is 2.52. The fraction of sp³-hybridized carbons (Fsp3) is 0.667. The first kappa shape index (κ1) is 11.5. The van der Waals surface area contributed by atoms with Gasteiger partial charge in [-0.3, -0.25) is 4.57 Å². The number of imidazole rings is 1. The van der Waals surface area contributed by atoms with Crippen LogP contribution in [-0.4, -0.2) is 29.0 Å². The summed E-state index contributed by atoms with van der Waals surface area (Å²) < 4.78 is 18.9. The second kappa shape index (κ2) is 4.76. The van der Waals surface area contributed by atoms with E-state index in [1.807, 2.05) is 17.7 Å². The zero-order valence-electron chi connectivity index (χ0n) is 8.88. The molecule has 14 heavy (non-hydrogen) atoms. The average Bonchev–Trinajstić information content (AvgIpc) is 2.53. The highest BCUT2D eigenvalue weighted by Gasteiger charge is 2.15. The monoisotopic (exact) mass is 216 g/mol. The van der Waals surface area contributed by atoms with Crippen molar-refractivity contribution in [3.8, 4) is 0 Å². The SMILES string of the molecule is CCC(Cn1ccnc1)OP(C)(C)=O. The van der Waals surface area contributed by atoms with Crippen molar-refractivity contribution < 1.29 is 9.09 Å². The van der Waals surface area contributed by atoms with Crippen molar-refractivity contribution in [1.82, 2.24) is 9.55 Å². The first-order valence-electron chi connectivity index (χ1n) is 4.70. The van der Waals surface area contributed by atoms with Crippen LogP contribution in [0.3, 0.4) is 0 Å². The van der Waals surface area contributed by atoms with Gasteiger partial charge >= 0.3 is 0 Å². The van der Waals surface area contributed by atoms with E-state index in [2.05, 4.69) is 4.98 Å². The number of hydrogen-bond acceptors (Lipinski definition) is 3. The van der Waals surface area contributed by atoms with Crippen molar-refractivity contribution in [2.45, 2.75) is 26.0 Å². The van der Waals surface area contributed by atoms with Crippen LogP contribution in [0.25, 0.3) is 0 Å². The van der Waals surface area contributed by atoms with E-state index < -0.39 is 7.37 Å². The second-order valence-corrected chi connectivity index (χ2v) is 6.36. The van der Waals surface area contributed by atoms with Gasteiger partial charge < -0.3 is 9.09 Å². The van der Waals surface area contributed by atoms with Gasteiger partial charge in [0.25, 0.3) is 0 Å². The van der Waals surface area contributed by atoms with Crippen LogP contribution in [0.15, 0.2) is 18.7 Å². The molecule has 0 N–H and O–H groups in total. The fourth-order valence-corrected chi connectivity index (χ4v) is 2.16. The lowest BCUT2D eigenvalue weighted by molar-refractivity contribution is 0.182. The molecule has 5 heteroatoms. The van der Waals surface area contributed by atoms with Gasteiger partial charge in [-0.15, -0.1) is 0 Å². The van der Waals surface area contributed by atoms with Gasteiger partial charge in [0.1, 0.15) is 0 Å². The van der Waals surface area contributed by atoms with Gasteiger partial charge in [0.05, 0.1) is 19.0 Å². The maximum Gasteiger partial charge on any atom is 0.197 e. The van der Waals surface area contributed by atoms with Gasteiger partial charge in [-0.1, -0.05) is 6.92 Å². The highest BCUT2D eigenvalue weighted by atomic mass is 31.2. The molecule has 0 fully saturated rings. The number of rotatable bonds is 5. The van der Waals surface area contributed by atoms with E-state index in [0.29, 0.717) is 6.54 Å². The van der Waals surface area contributed by atoms with Crippen LogP contribution in [0, 0.1) is 0 Å². The third-order valence-electron chi connectivity index (χ3n) is 1.83. The molecule has 1 aromatic heterocycles. The van der Waals surface area contributed by atoms with Crippen LogP contribution < -0.4 is 0 Å². The number of hydrogen-bond donors (Lipinski definition) is 0. The van der Waals surface area contributed by atoms with Crippen LogP contribution >= 0.6 is 7.37 Å². The topological polar surface area (TPSA) is 44.1 Å². The van der Waals surface area contributed by atoms with E-state index in [1.165, 1.54) is 0 Å². The minimum Gasteiger partial charge on any atom is -0.335 e. The summed E-state index contributed by atoms with van der Waals surface area (Å²) in [5, 5.41) is 0. The van der Waals surface area contributed by atoms with Gasteiger partial charge in [-0.05, 0) is 6.42 Å². The van der Waals surface area contributed by atoms with E-state index in [0.717, 1.165) is 6.42 Å². The molecule has 0 aliphatic rings. The molecule has 0 aliphatic heterocycles. The minimum atomic E-state index is -2.39. The van der Waals surface area contributed by atoms with Crippen LogP contribution in [0.4, 0.5) is 0 Å². The summed E-state index contributed by atoms with van der Waals surface area (Å²) in [4.78, 5) is 3.94. The molecule has 0 amide bonds. The molecule has 4 nitrogen and oxygen atoms in total. The molecule has 0 aliphatic carbocycles. The molecular formula is C9H17N2O2P. The Morgan fingerprint density at radius 1 is 1.57 bits per heavy atom. The second-order valence-electron chi connectivity index (χ2n) is 3.65. The molecule has 0 spiro atoms. The van der Waals surface area contributed by atoms with Crippen molar-refractivity contribution in [3.05, 3.63) is 18.7 Å². The smallest absolute Gasteiger partial charge is 0.197 e. The van der Waals surface area contributed by atoms with E-state index in [-0.39, 0.29) is 6.10 Å². The van der Waals surface area contributed by atoms with Crippen molar-refractivity contribution in [3.63, 3.8) is 0 Å². The third kappa shape index (κ3) is 4.07. The lowest BCUT2D eigenvalue weighted by Crippen LogP contribution is -2.17. The zero-order valence-corrected chi connectivity index (χ0v) is 9.78. The quantitative estimate of drug-likeness (QED) is 0.709. The maximum atomic E-state index is 11.5. The summed E-state index contributed by atoms with van der Waals surface area (Å²) in [5.41, 5.74) is 0. The van der Waals surface area contributed by atoms with E-state index in [9.17, 15) is 4.57 Å². The molecule has 0 radical (unpaired) electrons. The molecule has 1 atom stereocenters. The Labute approximate surface area is 84.7 Å². The van der Waals surface area contributed by atoms with Crippen LogP contribution in [-0.2, 0) is 15.6 Å². The highest BCUT2D eigenvalue weighted by Crippen LogP contribution is 2.39. The van der Waals surface area contributed by atoms with Gasteiger partial charge in [-0.25, -0.2) is 4.98 Å². The average molecular weight is 216 g/mol. The summed E-state index contributed by atoms with van der Waals surface area (Å²) in [7, 11) is -2.39. The van der Waals surface area contributed by atoms with Gasteiger partial charge in [0, 0.05) is 25.7 Å². The van der Waals surface area contributed by atoms with Crippen LogP contribution in [0.2, 0.25) is 0 Å². The first-order valence-corrected chi connectivity index (χ1v) is 7.22. The molecule has 0 bridgehead atoms. The predicted octanol–water partition coefficient (Wildman–Crippen LogP) is 2.22. The summed E-state index contributed by atoms with van der Waals surface area (Å²) in [6.45, 7) is 6.02. The molecule has 1 aromatic rings. The predicted molar refractivity (Wildman–Crippen MR) is 56.8 cm³/mol. The highest BCUT2D eigenvalue weighted by molar-refractivity contribution is 7.57. The maximum absolute atomic E-state index is 11.5. The Hall–Kier alpha value is -0.600. The Bertz CT molecular complexity index is 305. The molecule has 0 aromatic carbocycles. The Morgan fingerprint density at radius 3 is 2.71 bits per heavy atom. The molecule has 1 rings (SSSR count). The third-order valence-corrected chi connectivity index (χ3v) is 2.64. The molecule has 0 saturated carbocycles. The zero-order chi connectivity index (χ0) is 10.6. The van der Waals surface area contributed by atoms with Crippen LogP contribution in [0.5, 0.6) is 0 Å². The summed E-state index contributed by atoms with van der Waals surface area (Å²) >= 11 is 0. The van der Waals surface area contributed by atoms with Crippen molar-refractivity contribution in [2.75, 3.05) is 13.3 Å². The lowest BCUT2D eigenvalue weighted by Gasteiger charge is -2.19. The Kier molecular flexibility index (Phi) is 3.90. The van der Waals surface area contributed by atoms with Crippen molar-refractivity contribution >= 4 is 7.37 Å². The Morgan fingerprint density at radius 2 is 2.29 bits per heavy atom. The lowest BCUT2D eigenvalue weighted by atomic mass is 10.3. The van der Waals surface area contributed by atoms with Gasteiger partial charge in [0.2, 0.25) is 0 Å². The summed E-state index contributed by atoms with van der Waals surface area (Å²) in [5.74, 6) is 0. The van der Waals surface area contributed by atoms with Gasteiger partial charge in [0.15, 0.2) is 7.37 Å². The van der Waals surface area contributed by atoms with Crippen molar-refractivity contribution in [2.24, 2.45) is 0 Å². The molecular weight excluding hydrogens is 199 g/mol. The van der Waals surface area contributed by atoms with E-state index in [4.69, 9.17) is 4.52 Å². The summed E-state index contributed by atoms with van der Waals surface area (Å²) in [6, 6.07) is 0. The van der Waals surface area contributed by atoms with Crippen LogP contribution in [0.1, 0.15) is 13.3 Å². The minimum absolute atomic E-state index is 0.00466. The summed E-state index contributed by atoms with van der Waals surface area (Å²) in [6.07, 6.45) is 6.20. The molecule has 80 valence electrons. The van der Waals surface area contributed by atoms with E-state index in [1.54, 1.807) is 25.9 Å². The van der Waals surface area contributed by atoms with Crippen molar-refractivity contribution in [1.29, 1.82) is 0 Å². The molecule has 0 saturated heterocycles. The standard InChI is InChI=1S/C9H17N2O2P/c1-4-9(13-14(2,3)12)7-11-6-5-10-8-11/h5-6,8-9H,4,7H2,1-3H3. The number of nitrogens with zero attached hydrogens (tertiary/aromatic N) is 2. The van der Waals surface area contributed by atoms with Gasteiger partial charge in [-0.2, -0.15) is 0 Å². The fourth-order valence-electron chi connectivity index (χ4n) is 1.23. The first-order chi connectivity index (χ1) is 6.51. The molecule has 1 heterocycles.